The van der Waals surface area contributed by atoms with Crippen molar-refractivity contribution in [3.63, 3.8) is 0 Å². The molecule has 0 saturated heterocycles. The monoisotopic (exact) mass is 435 g/mol. The van der Waals surface area contributed by atoms with E-state index in [-0.39, 0.29) is 5.95 Å². The maximum Gasteiger partial charge on any atom is 0.255 e. The van der Waals surface area contributed by atoms with Crippen LogP contribution in [0.1, 0.15) is 5.56 Å². The lowest BCUT2D eigenvalue weighted by atomic mass is 10.1. The quantitative estimate of drug-likeness (QED) is 0.424. The highest BCUT2D eigenvalue weighted by Crippen LogP contribution is 2.30. The van der Waals surface area contributed by atoms with Crippen molar-refractivity contribution in [3.05, 3.63) is 72.7 Å². The number of methoxy groups -OCH3 is 1. The lowest BCUT2D eigenvalue weighted by molar-refractivity contribution is 0.415. The number of benzene rings is 2. The van der Waals surface area contributed by atoms with Crippen molar-refractivity contribution >= 4 is 28.4 Å². The van der Waals surface area contributed by atoms with E-state index in [4.69, 9.17) is 10.5 Å². The predicted molar refractivity (Wildman–Crippen MR) is 123 cm³/mol. The van der Waals surface area contributed by atoms with Crippen molar-refractivity contribution < 1.29 is 4.74 Å². The van der Waals surface area contributed by atoms with Crippen molar-refractivity contribution in [1.82, 2.24) is 29.7 Å². The molecule has 3 heterocycles. The van der Waals surface area contributed by atoms with Crippen LogP contribution in [0, 0.1) is 11.3 Å². The number of rotatable bonds is 5. The summed E-state index contributed by atoms with van der Waals surface area (Å²) in [7, 11) is 1.60. The Morgan fingerprint density at radius 3 is 2.55 bits per heavy atom. The molecule has 0 unspecified atom stereocenters. The SMILES string of the molecule is COc1ccc(Nc2nc(-n3ncc4c(N)ncnc43)nc(-c3ccccc3)c2C#N)cc1. The first-order valence-electron chi connectivity index (χ1n) is 9.91. The molecule has 0 aliphatic heterocycles. The second-order valence-corrected chi connectivity index (χ2v) is 6.98. The van der Waals surface area contributed by atoms with Crippen molar-refractivity contribution in [2.45, 2.75) is 0 Å². The van der Waals surface area contributed by atoms with Crippen LogP contribution in [0.15, 0.2) is 67.1 Å². The molecule has 3 aromatic heterocycles. The largest absolute Gasteiger partial charge is 0.497 e. The summed E-state index contributed by atoms with van der Waals surface area (Å²) in [4.78, 5) is 17.6. The molecule has 0 fully saturated rings. The number of nitrogens with zero attached hydrogens (tertiary/aromatic N) is 7. The third-order valence-electron chi connectivity index (χ3n) is 5.00. The summed E-state index contributed by atoms with van der Waals surface area (Å²) >= 11 is 0. The summed E-state index contributed by atoms with van der Waals surface area (Å²) in [6.07, 6.45) is 2.92. The maximum atomic E-state index is 10.0. The fourth-order valence-corrected chi connectivity index (χ4v) is 3.36. The van der Waals surface area contributed by atoms with Gasteiger partial charge in [-0.05, 0) is 24.3 Å². The average Bonchev–Trinajstić information content (AvgIpc) is 3.30. The van der Waals surface area contributed by atoms with E-state index in [0.29, 0.717) is 33.9 Å². The molecule has 5 rings (SSSR count). The molecule has 0 atom stereocenters. The molecule has 3 N–H and O–H groups in total. The van der Waals surface area contributed by atoms with Gasteiger partial charge in [0.05, 0.1) is 24.4 Å². The molecule has 160 valence electrons. The van der Waals surface area contributed by atoms with Crippen LogP contribution in [0.4, 0.5) is 17.3 Å². The zero-order chi connectivity index (χ0) is 22.8. The number of hydrogen-bond donors (Lipinski definition) is 2. The van der Waals surface area contributed by atoms with Gasteiger partial charge in [0, 0.05) is 11.3 Å². The molecule has 0 aliphatic rings. The minimum Gasteiger partial charge on any atom is -0.497 e. The van der Waals surface area contributed by atoms with Gasteiger partial charge in [-0.15, -0.1) is 0 Å². The number of aromatic nitrogens is 6. The summed E-state index contributed by atoms with van der Waals surface area (Å²) in [5.41, 5.74) is 8.67. The number of hydrogen-bond acceptors (Lipinski definition) is 9. The van der Waals surface area contributed by atoms with Gasteiger partial charge in [0.15, 0.2) is 11.5 Å². The summed E-state index contributed by atoms with van der Waals surface area (Å²) in [6.45, 7) is 0. The number of nitrogens with two attached hydrogens (primary N) is 1. The van der Waals surface area contributed by atoms with Gasteiger partial charge in [0.25, 0.3) is 5.95 Å². The standard InChI is InChI=1S/C23H17N9O/c1-33-16-9-7-15(8-10-16)29-21-17(11-24)19(14-5-3-2-4-6-14)30-23(31-21)32-22-18(12-28-32)20(25)26-13-27-22/h2-10,12-13H,1H3,(H2,25,26,27)(H,29,30,31). The second-order valence-electron chi connectivity index (χ2n) is 6.98. The van der Waals surface area contributed by atoms with Crippen LogP contribution in [0.25, 0.3) is 28.2 Å². The third-order valence-corrected chi connectivity index (χ3v) is 5.00. The Hall–Kier alpha value is -5.04. The Morgan fingerprint density at radius 1 is 1.03 bits per heavy atom. The molecule has 10 heteroatoms. The number of anilines is 3. The van der Waals surface area contributed by atoms with Crippen molar-refractivity contribution in [1.29, 1.82) is 5.26 Å². The first-order valence-corrected chi connectivity index (χ1v) is 9.91. The van der Waals surface area contributed by atoms with E-state index < -0.39 is 0 Å². The van der Waals surface area contributed by atoms with Crippen molar-refractivity contribution in [2.75, 3.05) is 18.2 Å². The molecule has 0 radical (unpaired) electrons. The summed E-state index contributed by atoms with van der Waals surface area (Å²) in [5.74, 6) is 1.59. The highest BCUT2D eigenvalue weighted by molar-refractivity contribution is 5.85. The first-order chi connectivity index (χ1) is 16.2. The highest BCUT2D eigenvalue weighted by Gasteiger charge is 2.20. The number of nitrogen functional groups attached to an aromatic ring is 1. The minimum atomic E-state index is 0.233. The van der Waals surface area contributed by atoms with Gasteiger partial charge in [0.2, 0.25) is 0 Å². The van der Waals surface area contributed by atoms with E-state index in [9.17, 15) is 5.26 Å². The Morgan fingerprint density at radius 2 is 1.82 bits per heavy atom. The van der Waals surface area contributed by atoms with Crippen LogP contribution in [0.5, 0.6) is 5.75 Å². The van der Waals surface area contributed by atoms with Crippen LogP contribution in [0.3, 0.4) is 0 Å². The van der Waals surface area contributed by atoms with Crippen molar-refractivity contribution in [3.8, 4) is 29.0 Å². The van der Waals surface area contributed by atoms with Crippen LogP contribution >= 0.6 is 0 Å². The van der Waals surface area contributed by atoms with E-state index >= 15 is 0 Å². The van der Waals surface area contributed by atoms with Crippen LogP contribution in [-0.2, 0) is 0 Å². The molecule has 10 nitrogen and oxygen atoms in total. The molecule has 0 spiro atoms. The highest BCUT2D eigenvalue weighted by atomic mass is 16.5. The van der Waals surface area contributed by atoms with Gasteiger partial charge in [-0.1, -0.05) is 30.3 Å². The normalized spacial score (nSPS) is 10.7. The molecular weight excluding hydrogens is 418 g/mol. The fraction of sp³-hybridized carbons (Fsp3) is 0.0435. The summed E-state index contributed by atoms with van der Waals surface area (Å²) in [5, 5.41) is 18.2. The van der Waals surface area contributed by atoms with Gasteiger partial charge < -0.3 is 15.8 Å². The smallest absolute Gasteiger partial charge is 0.255 e. The van der Waals surface area contributed by atoms with E-state index in [1.54, 1.807) is 13.3 Å². The van der Waals surface area contributed by atoms with Crippen molar-refractivity contribution in [2.24, 2.45) is 0 Å². The van der Waals surface area contributed by atoms with Gasteiger partial charge in [-0.2, -0.15) is 20.0 Å². The van der Waals surface area contributed by atoms with Crippen LogP contribution in [0.2, 0.25) is 0 Å². The minimum absolute atomic E-state index is 0.233. The Bertz CT molecular complexity index is 1490. The lowest BCUT2D eigenvalue weighted by Gasteiger charge is -2.13. The fourth-order valence-electron chi connectivity index (χ4n) is 3.36. The molecule has 2 aromatic carbocycles. The van der Waals surface area contributed by atoms with E-state index in [0.717, 1.165) is 17.0 Å². The molecule has 33 heavy (non-hydrogen) atoms. The molecule has 0 bridgehead atoms. The van der Waals surface area contributed by atoms with Crippen LogP contribution in [-0.4, -0.2) is 36.8 Å². The molecule has 0 amide bonds. The first kappa shape index (κ1) is 19.9. The number of nitriles is 1. The van der Waals surface area contributed by atoms with Crippen LogP contribution < -0.4 is 15.8 Å². The third kappa shape index (κ3) is 3.64. The lowest BCUT2D eigenvalue weighted by Crippen LogP contribution is -2.10. The predicted octanol–water partition coefficient (Wildman–Crippen LogP) is 3.48. The maximum absolute atomic E-state index is 10.0. The summed E-state index contributed by atoms with van der Waals surface area (Å²) < 4.78 is 6.69. The molecule has 5 aromatic rings. The number of fused-ring (bicyclic) bond motifs is 1. The zero-order valence-corrected chi connectivity index (χ0v) is 17.5. The van der Waals surface area contributed by atoms with E-state index in [1.807, 2.05) is 54.6 Å². The van der Waals surface area contributed by atoms with Gasteiger partial charge >= 0.3 is 0 Å². The molecule has 0 saturated carbocycles. The average molecular weight is 435 g/mol. The molecular formula is C23H17N9O. The number of nitrogens with one attached hydrogen (secondary N) is 1. The Kier molecular flexibility index (Phi) is 4.97. The topological polar surface area (TPSA) is 140 Å². The van der Waals surface area contributed by atoms with E-state index in [2.05, 4.69) is 36.4 Å². The van der Waals surface area contributed by atoms with E-state index in [1.165, 1.54) is 11.0 Å². The van der Waals surface area contributed by atoms with Gasteiger partial charge in [-0.25, -0.2) is 15.0 Å². The Balaban J connectivity index is 1.71. The summed E-state index contributed by atoms with van der Waals surface area (Å²) in [6, 6.07) is 19.0. The van der Waals surface area contributed by atoms with Gasteiger partial charge in [0.1, 0.15) is 29.5 Å². The van der Waals surface area contributed by atoms with Gasteiger partial charge in [-0.3, -0.25) is 0 Å². The molecule has 0 aliphatic carbocycles. The number of ether oxygens (including phenoxy) is 1. The zero-order valence-electron chi connectivity index (χ0n) is 17.5. The second kappa shape index (κ2) is 8.24. The Labute approximate surface area is 188 Å².